The Balaban J connectivity index is 2.06. The first-order valence-electron chi connectivity index (χ1n) is 5.60. The number of carbonyl (C=O) groups is 1. The first-order chi connectivity index (χ1) is 9.24. The van der Waals surface area contributed by atoms with Gasteiger partial charge in [-0.05, 0) is 24.3 Å². The summed E-state index contributed by atoms with van der Waals surface area (Å²) < 4.78 is 13.1. The third-order valence-corrected chi connectivity index (χ3v) is 2.70. The number of carbonyl (C=O) groups excluding carboxylic acids is 1. The summed E-state index contributed by atoms with van der Waals surface area (Å²) >= 11 is 0. The Kier molecular flexibility index (Phi) is 2.72. The fourth-order valence-electron chi connectivity index (χ4n) is 1.81. The van der Waals surface area contributed by atoms with Gasteiger partial charge in [0.1, 0.15) is 5.82 Å². The van der Waals surface area contributed by atoms with E-state index in [1.165, 1.54) is 6.20 Å². The van der Waals surface area contributed by atoms with Crippen molar-refractivity contribution in [2.45, 2.75) is 0 Å². The predicted molar refractivity (Wildman–Crippen MR) is 67.2 cm³/mol. The lowest BCUT2D eigenvalue weighted by atomic mass is 10.0. The number of ketones is 1. The SMILES string of the molecule is O=C(c1cncc(F)c1)c1ccc2nccnc2c1. The van der Waals surface area contributed by atoms with Gasteiger partial charge < -0.3 is 0 Å². The zero-order valence-electron chi connectivity index (χ0n) is 9.75. The van der Waals surface area contributed by atoms with Gasteiger partial charge in [-0.1, -0.05) is 0 Å². The summed E-state index contributed by atoms with van der Waals surface area (Å²) in [7, 11) is 0. The number of hydrogen-bond acceptors (Lipinski definition) is 4. The molecule has 3 aromatic rings. The van der Waals surface area contributed by atoms with Crippen LogP contribution >= 0.6 is 0 Å². The Morgan fingerprint density at radius 2 is 1.74 bits per heavy atom. The van der Waals surface area contributed by atoms with Crippen LogP contribution in [-0.4, -0.2) is 20.7 Å². The molecule has 3 rings (SSSR count). The molecule has 0 saturated carbocycles. The van der Waals surface area contributed by atoms with E-state index in [2.05, 4.69) is 15.0 Å². The van der Waals surface area contributed by atoms with Crippen molar-refractivity contribution >= 4 is 16.8 Å². The lowest BCUT2D eigenvalue weighted by Crippen LogP contribution is -2.02. The maximum atomic E-state index is 13.1. The normalized spacial score (nSPS) is 10.6. The molecule has 0 spiro atoms. The first-order valence-corrected chi connectivity index (χ1v) is 5.60. The molecular weight excluding hydrogens is 245 g/mol. The Hall–Kier alpha value is -2.69. The number of rotatable bonds is 2. The summed E-state index contributed by atoms with van der Waals surface area (Å²) in [6, 6.07) is 6.15. The molecule has 19 heavy (non-hydrogen) atoms. The summed E-state index contributed by atoms with van der Waals surface area (Å²) in [6.07, 6.45) is 5.54. The molecule has 1 aromatic carbocycles. The van der Waals surface area contributed by atoms with Crippen LogP contribution in [0.4, 0.5) is 4.39 Å². The maximum absolute atomic E-state index is 13.1. The van der Waals surface area contributed by atoms with E-state index in [0.717, 1.165) is 12.3 Å². The highest BCUT2D eigenvalue weighted by molar-refractivity contribution is 6.10. The molecule has 0 saturated heterocycles. The topological polar surface area (TPSA) is 55.7 Å². The summed E-state index contributed by atoms with van der Waals surface area (Å²) in [5.74, 6) is -0.828. The number of halogens is 1. The predicted octanol–water partition coefficient (Wildman–Crippen LogP) is 2.39. The minimum absolute atomic E-state index is 0.211. The third-order valence-electron chi connectivity index (χ3n) is 2.70. The maximum Gasteiger partial charge on any atom is 0.194 e. The van der Waals surface area contributed by atoms with E-state index in [-0.39, 0.29) is 11.3 Å². The molecule has 2 aromatic heterocycles. The van der Waals surface area contributed by atoms with Gasteiger partial charge in [0.25, 0.3) is 0 Å². The Morgan fingerprint density at radius 1 is 0.947 bits per heavy atom. The highest BCUT2D eigenvalue weighted by Gasteiger charge is 2.11. The van der Waals surface area contributed by atoms with E-state index >= 15 is 0 Å². The second-order valence-corrected chi connectivity index (χ2v) is 3.98. The van der Waals surface area contributed by atoms with Crippen molar-refractivity contribution in [2.24, 2.45) is 0 Å². The molecule has 92 valence electrons. The third kappa shape index (κ3) is 2.18. The average molecular weight is 253 g/mol. The summed E-state index contributed by atoms with van der Waals surface area (Å²) in [6.45, 7) is 0. The van der Waals surface area contributed by atoms with E-state index in [0.29, 0.717) is 16.6 Å². The minimum atomic E-state index is -0.536. The largest absolute Gasteiger partial charge is 0.289 e. The molecule has 0 radical (unpaired) electrons. The smallest absolute Gasteiger partial charge is 0.194 e. The number of nitrogens with zero attached hydrogens (tertiary/aromatic N) is 3. The van der Waals surface area contributed by atoms with Gasteiger partial charge in [-0.25, -0.2) is 4.39 Å². The Bertz CT molecular complexity index is 773. The zero-order valence-corrected chi connectivity index (χ0v) is 9.75. The van der Waals surface area contributed by atoms with Crippen LogP contribution in [0.5, 0.6) is 0 Å². The molecule has 0 aliphatic carbocycles. The lowest BCUT2D eigenvalue weighted by molar-refractivity contribution is 0.103. The molecule has 0 N–H and O–H groups in total. The van der Waals surface area contributed by atoms with Crippen molar-refractivity contribution in [1.29, 1.82) is 0 Å². The van der Waals surface area contributed by atoms with Gasteiger partial charge >= 0.3 is 0 Å². The Morgan fingerprint density at radius 3 is 2.53 bits per heavy atom. The van der Waals surface area contributed by atoms with Crippen molar-refractivity contribution < 1.29 is 9.18 Å². The lowest BCUT2D eigenvalue weighted by Gasteiger charge is -2.02. The quantitative estimate of drug-likeness (QED) is 0.658. The van der Waals surface area contributed by atoms with Crippen LogP contribution in [0.15, 0.2) is 49.1 Å². The molecule has 5 heteroatoms. The van der Waals surface area contributed by atoms with Crippen molar-refractivity contribution in [3.63, 3.8) is 0 Å². The van der Waals surface area contributed by atoms with Gasteiger partial charge in [0, 0.05) is 29.7 Å². The molecule has 0 fully saturated rings. The second-order valence-electron chi connectivity index (χ2n) is 3.98. The number of benzene rings is 1. The molecular formula is C14H8FN3O. The van der Waals surface area contributed by atoms with Gasteiger partial charge in [-0.15, -0.1) is 0 Å². The van der Waals surface area contributed by atoms with E-state index < -0.39 is 5.82 Å². The molecule has 0 aliphatic rings. The second kappa shape index (κ2) is 4.53. The van der Waals surface area contributed by atoms with Gasteiger partial charge in [-0.3, -0.25) is 19.7 Å². The number of fused-ring (bicyclic) bond motifs is 1. The van der Waals surface area contributed by atoms with Crippen LogP contribution in [0.2, 0.25) is 0 Å². The van der Waals surface area contributed by atoms with Crippen LogP contribution in [0.1, 0.15) is 15.9 Å². The van der Waals surface area contributed by atoms with Gasteiger partial charge in [0.2, 0.25) is 0 Å². The molecule has 0 amide bonds. The highest BCUT2D eigenvalue weighted by atomic mass is 19.1. The standard InChI is InChI=1S/C14H8FN3O/c15-11-5-10(7-16-8-11)14(19)9-1-2-12-13(6-9)18-4-3-17-12/h1-8H. The highest BCUT2D eigenvalue weighted by Crippen LogP contribution is 2.15. The van der Waals surface area contributed by atoms with Gasteiger partial charge in [-0.2, -0.15) is 0 Å². The molecule has 2 heterocycles. The van der Waals surface area contributed by atoms with E-state index in [4.69, 9.17) is 0 Å². The van der Waals surface area contributed by atoms with E-state index in [9.17, 15) is 9.18 Å². The van der Waals surface area contributed by atoms with Crippen molar-refractivity contribution in [2.75, 3.05) is 0 Å². The average Bonchev–Trinajstić information content (AvgIpc) is 2.46. The number of aromatic nitrogens is 3. The Labute approximate surface area is 108 Å². The van der Waals surface area contributed by atoms with Crippen LogP contribution in [0.25, 0.3) is 11.0 Å². The molecule has 0 unspecified atom stereocenters. The van der Waals surface area contributed by atoms with Crippen LogP contribution in [-0.2, 0) is 0 Å². The summed E-state index contributed by atoms with van der Waals surface area (Å²) in [4.78, 5) is 24.1. The van der Waals surface area contributed by atoms with Crippen molar-refractivity contribution in [1.82, 2.24) is 15.0 Å². The van der Waals surface area contributed by atoms with Crippen LogP contribution < -0.4 is 0 Å². The van der Waals surface area contributed by atoms with Crippen LogP contribution in [0, 0.1) is 5.82 Å². The number of hydrogen-bond donors (Lipinski definition) is 0. The monoisotopic (exact) mass is 253 g/mol. The fourth-order valence-corrected chi connectivity index (χ4v) is 1.81. The van der Waals surface area contributed by atoms with Gasteiger partial charge in [0.05, 0.1) is 17.2 Å². The molecule has 0 bridgehead atoms. The van der Waals surface area contributed by atoms with Crippen LogP contribution in [0.3, 0.4) is 0 Å². The first kappa shape index (κ1) is 11.4. The van der Waals surface area contributed by atoms with Gasteiger partial charge in [0.15, 0.2) is 5.78 Å². The summed E-state index contributed by atoms with van der Waals surface area (Å²) in [5.41, 5.74) is 1.97. The number of pyridine rings is 1. The van der Waals surface area contributed by atoms with Crippen molar-refractivity contribution in [3.8, 4) is 0 Å². The summed E-state index contributed by atoms with van der Waals surface area (Å²) in [5, 5.41) is 0. The fraction of sp³-hybridized carbons (Fsp3) is 0. The minimum Gasteiger partial charge on any atom is -0.289 e. The van der Waals surface area contributed by atoms with Crippen molar-refractivity contribution in [3.05, 3.63) is 66.0 Å². The molecule has 0 atom stereocenters. The zero-order chi connectivity index (χ0) is 13.2. The molecule has 0 aliphatic heterocycles. The van der Waals surface area contributed by atoms with E-state index in [1.54, 1.807) is 30.6 Å². The molecule has 4 nitrogen and oxygen atoms in total. The van der Waals surface area contributed by atoms with E-state index in [1.807, 2.05) is 0 Å².